The molecule has 0 saturated heterocycles. The summed E-state index contributed by atoms with van der Waals surface area (Å²) in [7, 11) is 1.69. The number of nitrogens with two attached hydrogens (primary N) is 1. The summed E-state index contributed by atoms with van der Waals surface area (Å²) in [5.41, 5.74) is 8.32. The Balaban J connectivity index is 2.36. The fraction of sp³-hybridized carbons (Fsp3) is 0.308. The number of amides is 1. The lowest BCUT2D eigenvalue weighted by Crippen LogP contribution is -2.29. The van der Waals surface area contributed by atoms with Crippen molar-refractivity contribution in [3.05, 3.63) is 35.9 Å². The van der Waals surface area contributed by atoms with Crippen LogP contribution in [0.15, 0.2) is 24.5 Å². The van der Waals surface area contributed by atoms with Crippen LogP contribution >= 0.6 is 0 Å². The summed E-state index contributed by atoms with van der Waals surface area (Å²) in [5.74, 6) is -0.139. The van der Waals surface area contributed by atoms with Crippen molar-refractivity contribution in [1.29, 1.82) is 0 Å². The van der Waals surface area contributed by atoms with Gasteiger partial charge in [-0.05, 0) is 26.0 Å². The number of pyridine rings is 1. The van der Waals surface area contributed by atoms with E-state index in [0.29, 0.717) is 23.6 Å². The molecule has 0 aliphatic rings. The second kappa shape index (κ2) is 5.09. The molecule has 0 aliphatic carbocycles. The Morgan fingerprint density at radius 1 is 1.53 bits per heavy atom. The number of hydrogen-bond donors (Lipinski definition) is 1. The number of carbonyl (C=O) groups is 1. The van der Waals surface area contributed by atoms with Gasteiger partial charge < -0.3 is 10.6 Å². The standard InChI is InChI=1S/C13H17N5O/c1-4-18-12(7-9(2)16-18)13(19)17(3)11-5-6-15-8-10(11)14/h5-8H,4,14H2,1-3H3. The Hall–Kier alpha value is -2.37. The van der Waals surface area contributed by atoms with Crippen molar-refractivity contribution in [2.45, 2.75) is 20.4 Å². The van der Waals surface area contributed by atoms with Crippen LogP contribution in [0.1, 0.15) is 23.1 Å². The van der Waals surface area contributed by atoms with Gasteiger partial charge >= 0.3 is 0 Å². The summed E-state index contributed by atoms with van der Waals surface area (Å²) in [5, 5.41) is 4.27. The molecule has 2 N–H and O–H groups in total. The van der Waals surface area contributed by atoms with Crippen molar-refractivity contribution < 1.29 is 4.79 Å². The lowest BCUT2D eigenvalue weighted by atomic mass is 10.2. The van der Waals surface area contributed by atoms with Crippen molar-refractivity contribution in [3.8, 4) is 0 Å². The molecule has 0 bridgehead atoms. The number of rotatable bonds is 3. The van der Waals surface area contributed by atoms with Crippen molar-refractivity contribution in [3.63, 3.8) is 0 Å². The number of nitrogens with zero attached hydrogens (tertiary/aromatic N) is 4. The van der Waals surface area contributed by atoms with Crippen molar-refractivity contribution in [2.75, 3.05) is 17.7 Å². The van der Waals surface area contributed by atoms with Crippen molar-refractivity contribution in [2.24, 2.45) is 0 Å². The minimum absolute atomic E-state index is 0.139. The molecule has 2 rings (SSSR count). The molecule has 0 radical (unpaired) electrons. The van der Waals surface area contributed by atoms with Gasteiger partial charge in [-0.25, -0.2) is 0 Å². The van der Waals surface area contributed by atoms with Gasteiger partial charge in [-0.1, -0.05) is 0 Å². The minimum Gasteiger partial charge on any atom is -0.396 e. The summed E-state index contributed by atoms with van der Waals surface area (Å²) in [6.07, 6.45) is 3.14. The Kier molecular flexibility index (Phi) is 3.50. The SMILES string of the molecule is CCn1nc(C)cc1C(=O)N(C)c1ccncc1N. The van der Waals surface area contributed by atoms with E-state index in [-0.39, 0.29) is 5.91 Å². The smallest absolute Gasteiger partial charge is 0.276 e. The molecule has 19 heavy (non-hydrogen) atoms. The van der Waals surface area contributed by atoms with Crippen molar-refractivity contribution in [1.82, 2.24) is 14.8 Å². The van der Waals surface area contributed by atoms with E-state index in [2.05, 4.69) is 10.1 Å². The van der Waals surface area contributed by atoms with Gasteiger partial charge in [0, 0.05) is 19.8 Å². The third-order valence-corrected chi connectivity index (χ3v) is 2.91. The third kappa shape index (κ3) is 2.42. The maximum absolute atomic E-state index is 12.5. The fourth-order valence-corrected chi connectivity index (χ4v) is 1.94. The second-order valence-corrected chi connectivity index (χ2v) is 4.29. The number of nitrogen functional groups attached to an aromatic ring is 1. The van der Waals surface area contributed by atoms with Crippen LogP contribution in [-0.2, 0) is 6.54 Å². The van der Waals surface area contributed by atoms with Gasteiger partial charge in [0.15, 0.2) is 0 Å². The molecule has 2 aromatic rings. The molecule has 0 unspecified atom stereocenters. The third-order valence-electron chi connectivity index (χ3n) is 2.91. The van der Waals surface area contributed by atoms with E-state index in [9.17, 15) is 4.79 Å². The monoisotopic (exact) mass is 259 g/mol. The Morgan fingerprint density at radius 2 is 2.26 bits per heavy atom. The minimum atomic E-state index is -0.139. The van der Waals surface area contributed by atoms with Gasteiger partial charge in [0.05, 0.1) is 23.3 Å². The van der Waals surface area contributed by atoms with Gasteiger partial charge in [0.2, 0.25) is 0 Å². The molecule has 0 aromatic carbocycles. The molecule has 6 heteroatoms. The van der Waals surface area contributed by atoms with Crippen LogP contribution in [0.25, 0.3) is 0 Å². The summed E-state index contributed by atoms with van der Waals surface area (Å²) < 4.78 is 1.69. The molecule has 2 aromatic heterocycles. The first kappa shape index (κ1) is 13.1. The average molecular weight is 259 g/mol. The predicted octanol–water partition coefficient (Wildman–Crippen LogP) is 1.47. The Bertz CT molecular complexity index is 605. The Labute approximate surface area is 111 Å². The zero-order chi connectivity index (χ0) is 14.0. The first-order valence-corrected chi connectivity index (χ1v) is 6.06. The molecular formula is C13H17N5O. The number of anilines is 2. The molecular weight excluding hydrogens is 242 g/mol. The molecule has 1 amide bonds. The first-order chi connectivity index (χ1) is 9.04. The lowest BCUT2D eigenvalue weighted by Gasteiger charge is -2.19. The highest BCUT2D eigenvalue weighted by molar-refractivity contribution is 6.06. The first-order valence-electron chi connectivity index (χ1n) is 6.06. The van der Waals surface area contributed by atoms with E-state index in [4.69, 9.17) is 5.73 Å². The molecule has 0 aliphatic heterocycles. The number of carbonyl (C=O) groups excluding carboxylic acids is 1. The largest absolute Gasteiger partial charge is 0.396 e. The van der Waals surface area contributed by atoms with Gasteiger partial charge in [-0.3, -0.25) is 14.5 Å². The number of aryl methyl sites for hydroxylation is 2. The molecule has 6 nitrogen and oxygen atoms in total. The maximum atomic E-state index is 12.5. The highest BCUT2D eigenvalue weighted by atomic mass is 16.2. The van der Waals surface area contributed by atoms with Crippen LogP contribution in [0, 0.1) is 6.92 Å². The summed E-state index contributed by atoms with van der Waals surface area (Å²) in [6.45, 7) is 4.46. The summed E-state index contributed by atoms with van der Waals surface area (Å²) in [4.78, 5) is 17.9. The maximum Gasteiger partial charge on any atom is 0.276 e. The van der Waals surface area contributed by atoms with Crippen LogP contribution in [0.2, 0.25) is 0 Å². The molecule has 0 atom stereocenters. The number of aromatic nitrogens is 3. The molecule has 2 heterocycles. The van der Waals surface area contributed by atoms with E-state index < -0.39 is 0 Å². The topological polar surface area (TPSA) is 77.0 Å². The lowest BCUT2D eigenvalue weighted by molar-refractivity contribution is 0.0983. The van der Waals surface area contributed by atoms with Crippen LogP contribution in [0.4, 0.5) is 11.4 Å². The van der Waals surface area contributed by atoms with E-state index >= 15 is 0 Å². The number of hydrogen-bond acceptors (Lipinski definition) is 4. The fourth-order valence-electron chi connectivity index (χ4n) is 1.94. The predicted molar refractivity (Wildman–Crippen MR) is 74.0 cm³/mol. The molecule has 0 spiro atoms. The highest BCUT2D eigenvalue weighted by Gasteiger charge is 2.19. The van der Waals surface area contributed by atoms with E-state index in [0.717, 1.165) is 5.69 Å². The summed E-state index contributed by atoms with van der Waals surface area (Å²) in [6, 6.07) is 3.49. The molecule has 0 fully saturated rings. The quantitative estimate of drug-likeness (QED) is 0.905. The van der Waals surface area contributed by atoms with Gasteiger partial charge in [0.25, 0.3) is 5.91 Å². The highest BCUT2D eigenvalue weighted by Crippen LogP contribution is 2.21. The average Bonchev–Trinajstić information content (AvgIpc) is 2.79. The molecule has 100 valence electrons. The summed E-state index contributed by atoms with van der Waals surface area (Å²) >= 11 is 0. The van der Waals surface area contributed by atoms with Crippen LogP contribution in [0.5, 0.6) is 0 Å². The van der Waals surface area contributed by atoms with Gasteiger partial charge in [-0.15, -0.1) is 0 Å². The zero-order valence-corrected chi connectivity index (χ0v) is 11.3. The van der Waals surface area contributed by atoms with Crippen LogP contribution in [0.3, 0.4) is 0 Å². The van der Waals surface area contributed by atoms with Gasteiger partial charge in [0.1, 0.15) is 5.69 Å². The normalized spacial score (nSPS) is 10.5. The zero-order valence-electron chi connectivity index (χ0n) is 11.3. The van der Waals surface area contributed by atoms with Gasteiger partial charge in [-0.2, -0.15) is 5.10 Å². The second-order valence-electron chi connectivity index (χ2n) is 4.29. The van der Waals surface area contributed by atoms with Crippen molar-refractivity contribution >= 4 is 17.3 Å². The molecule has 0 saturated carbocycles. The van der Waals surface area contributed by atoms with Crippen LogP contribution in [-0.4, -0.2) is 27.7 Å². The van der Waals surface area contributed by atoms with E-state index in [1.54, 1.807) is 30.1 Å². The Morgan fingerprint density at radius 3 is 2.89 bits per heavy atom. The van der Waals surface area contributed by atoms with E-state index in [1.807, 2.05) is 13.8 Å². The van der Waals surface area contributed by atoms with E-state index in [1.165, 1.54) is 11.1 Å². The van der Waals surface area contributed by atoms with Crippen LogP contribution < -0.4 is 10.6 Å².